The average Bonchev–Trinajstić information content (AvgIpc) is 2.06. The van der Waals surface area contributed by atoms with Crippen molar-refractivity contribution in [2.24, 2.45) is 0 Å². The maximum absolute atomic E-state index is 6.28. The van der Waals surface area contributed by atoms with E-state index in [1.54, 1.807) is 0 Å². The fourth-order valence-corrected chi connectivity index (χ4v) is 4.13. The van der Waals surface area contributed by atoms with Crippen LogP contribution in [0.4, 0.5) is 0 Å². The molecule has 0 aliphatic rings. The Labute approximate surface area is 136 Å². The quantitative estimate of drug-likeness (QED) is 0.550. The van der Waals surface area contributed by atoms with Crippen LogP contribution < -0.4 is 0 Å². The van der Waals surface area contributed by atoms with Crippen molar-refractivity contribution in [2.75, 3.05) is 0 Å². The van der Waals surface area contributed by atoms with E-state index in [-0.39, 0.29) is 28.3 Å². The first-order valence-electron chi connectivity index (χ1n) is 8.23. The highest BCUT2D eigenvalue weighted by molar-refractivity contribution is 6.08. The summed E-state index contributed by atoms with van der Waals surface area (Å²) in [5, 5.41) is 0. The van der Waals surface area contributed by atoms with Gasteiger partial charge in [0, 0.05) is 22.2 Å². The van der Waals surface area contributed by atoms with Gasteiger partial charge in [0.05, 0.1) is 14.0 Å². The lowest BCUT2D eigenvalue weighted by molar-refractivity contribution is -0.127. The van der Waals surface area contributed by atoms with Gasteiger partial charge in [0.25, 0.3) is 0 Å². The summed E-state index contributed by atoms with van der Waals surface area (Å²) in [6, 6.07) is 0. The molecule has 0 heterocycles. The molecule has 0 bridgehead atoms. The molecule has 0 amide bonds. The minimum absolute atomic E-state index is 0.0526. The average molecular weight is 294 g/mol. The molecule has 21 heavy (non-hydrogen) atoms. The van der Waals surface area contributed by atoms with Crippen LogP contribution in [0.1, 0.15) is 83.1 Å². The molecule has 0 aromatic heterocycles. The molecule has 2 radical (unpaired) electrons. The molecule has 0 aromatic carbocycles. The summed E-state index contributed by atoms with van der Waals surface area (Å²) in [4.78, 5) is 5.13. The molecule has 0 aromatic rings. The number of hydrogen-bond donors (Lipinski definition) is 0. The van der Waals surface area contributed by atoms with Gasteiger partial charge in [0.15, 0.2) is 0 Å². The zero-order valence-electron chi connectivity index (χ0n) is 16.8. The molecule has 124 valence electrons. The lowest BCUT2D eigenvalue weighted by Gasteiger charge is -2.59. The zero-order valence-corrected chi connectivity index (χ0v) is 16.8. The molecule has 0 saturated heterocycles. The molecule has 0 fully saturated rings. The third-order valence-corrected chi connectivity index (χ3v) is 3.70. The van der Waals surface area contributed by atoms with Gasteiger partial charge in [-0.15, -0.1) is 0 Å². The van der Waals surface area contributed by atoms with Gasteiger partial charge in [0.2, 0.25) is 0 Å². The standard InChI is InChI=1S/C18H39BN2/c1-15(2,3)20(16(4,5)6)14(13-19)21(17(7,8)9)18(10,11)12/h14H,13H2,1-12H3. The fourth-order valence-electron chi connectivity index (χ4n) is 4.13. The van der Waals surface area contributed by atoms with Gasteiger partial charge in [-0.25, -0.2) is 0 Å². The van der Waals surface area contributed by atoms with E-state index in [0.29, 0.717) is 6.32 Å². The largest absolute Gasteiger partial charge is 0.279 e. The third kappa shape index (κ3) is 5.60. The monoisotopic (exact) mass is 294 g/mol. The Morgan fingerprint density at radius 1 is 0.571 bits per heavy atom. The molecular weight excluding hydrogens is 255 g/mol. The Morgan fingerprint density at radius 2 is 0.762 bits per heavy atom. The molecular formula is C18H39BN2. The molecule has 0 aliphatic carbocycles. The summed E-state index contributed by atoms with van der Waals surface area (Å²) in [5.41, 5.74) is 0.210. The van der Waals surface area contributed by atoms with Crippen LogP contribution in [-0.2, 0) is 0 Å². The summed E-state index contributed by atoms with van der Waals surface area (Å²) >= 11 is 0. The van der Waals surface area contributed by atoms with Gasteiger partial charge in [-0.05, 0) is 83.1 Å². The van der Waals surface area contributed by atoms with Gasteiger partial charge in [-0.1, -0.05) is 6.32 Å². The second-order valence-corrected chi connectivity index (χ2v) is 10.1. The van der Waals surface area contributed by atoms with Gasteiger partial charge in [-0.2, -0.15) is 0 Å². The number of hydrogen-bond acceptors (Lipinski definition) is 2. The molecule has 0 unspecified atom stereocenters. The van der Waals surface area contributed by atoms with Gasteiger partial charge in [0.1, 0.15) is 0 Å². The predicted octanol–water partition coefficient (Wildman–Crippen LogP) is 4.70. The lowest BCUT2D eigenvalue weighted by Crippen LogP contribution is -2.69. The second-order valence-electron chi connectivity index (χ2n) is 10.1. The van der Waals surface area contributed by atoms with Crippen LogP contribution in [0.5, 0.6) is 0 Å². The maximum atomic E-state index is 6.28. The smallest absolute Gasteiger partial charge is 0.0692 e. The van der Waals surface area contributed by atoms with Crippen LogP contribution in [0.2, 0.25) is 6.32 Å². The first kappa shape index (κ1) is 21.0. The summed E-state index contributed by atoms with van der Waals surface area (Å²) in [6.45, 7) is 27.4. The van der Waals surface area contributed by atoms with E-state index in [0.717, 1.165) is 0 Å². The van der Waals surface area contributed by atoms with Gasteiger partial charge < -0.3 is 0 Å². The molecule has 0 spiro atoms. The number of nitrogens with zero attached hydrogens (tertiary/aromatic N) is 2. The minimum Gasteiger partial charge on any atom is -0.279 e. The zero-order chi connectivity index (χ0) is 17.4. The Hall–Kier alpha value is -0.0151. The third-order valence-electron chi connectivity index (χ3n) is 3.70. The molecule has 0 aliphatic heterocycles. The van der Waals surface area contributed by atoms with Crippen molar-refractivity contribution in [2.45, 2.75) is 118 Å². The predicted molar refractivity (Wildman–Crippen MR) is 97.0 cm³/mol. The highest BCUT2D eigenvalue weighted by atomic mass is 15.4. The molecule has 0 rings (SSSR count). The van der Waals surface area contributed by atoms with Gasteiger partial charge >= 0.3 is 0 Å². The minimum atomic E-state index is 0.0526. The van der Waals surface area contributed by atoms with Crippen molar-refractivity contribution in [3.05, 3.63) is 0 Å². The van der Waals surface area contributed by atoms with Crippen molar-refractivity contribution in [1.82, 2.24) is 9.80 Å². The Balaban J connectivity index is 6.04. The van der Waals surface area contributed by atoms with Crippen molar-refractivity contribution in [3.63, 3.8) is 0 Å². The van der Waals surface area contributed by atoms with E-state index in [9.17, 15) is 0 Å². The SMILES string of the molecule is [B]CC(N(C(C)(C)C)C(C)(C)C)N(C(C)(C)C)C(C)(C)C. The fraction of sp³-hybridized carbons (Fsp3) is 1.00. The first-order valence-corrected chi connectivity index (χ1v) is 8.23. The number of rotatable bonds is 3. The van der Waals surface area contributed by atoms with Crippen LogP contribution in [0, 0.1) is 0 Å². The van der Waals surface area contributed by atoms with Crippen molar-refractivity contribution < 1.29 is 0 Å². The molecule has 0 atom stereocenters. The van der Waals surface area contributed by atoms with Crippen LogP contribution >= 0.6 is 0 Å². The van der Waals surface area contributed by atoms with Crippen molar-refractivity contribution >= 4 is 7.85 Å². The summed E-state index contributed by atoms with van der Waals surface area (Å²) < 4.78 is 0. The highest BCUT2D eigenvalue weighted by Crippen LogP contribution is 2.37. The van der Waals surface area contributed by atoms with E-state index in [1.165, 1.54) is 0 Å². The highest BCUT2D eigenvalue weighted by Gasteiger charge is 2.45. The van der Waals surface area contributed by atoms with E-state index < -0.39 is 0 Å². The normalized spacial score (nSPS) is 15.4. The van der Waals surface area contributed by atoms with Crippen LogP contribution in [-0.4, -0.2) is 46.0 Å². The Kier molecular flexibility index (Phi) is 6.23. The molecule has 2 nitrogen and oxygen atoms in total. The summed E-state index contributed by atoms with van der Waals surface area (Å²) in [6.07, 6.45) is 0.827. The Bertz CT molecular complexity index is 263. The summed E-state index contributed by atoms with van der Waals surface area (Å²) in [5.74, 6) is 0. The van der Waals surface area contributed by atoms with Gasteiger partial charge in [-0.3, -0.25) is 9.80 Å². The van der Waals surface area contributed by atoms with E-state index in [2.05, 4.69) is 92.9 Å². The lowest BCUT2D eigenvalue weighted by atomic mass is 9.85. The molecule has 0 N–H and O–H groups in total. The van der Waals surface area contributed by atoms with Crippen LogP contribution in [0.15, 0.2) is 0 Å². The Morgan fingerprint density at radius 3 is 0.857 bits per heavy atom. The molecule has 3 heteroatoms. The topological polar surface area (TPSA) is 6.48 Å². The molecule has 0 saturated carbocycles. The van der Waals surface area contributed by atoms with Crippen molar-refractivity contribution in [3.8, 4) is 0 Å². The first-order chi connectivity index (χ1) is 8.94. The van der Waals surface area contributed by atoms with E-state index >= 15 is 0 Å². The van der Waals surface area contributed by atoms with Crippen LogP contribution in [0.25, 0.3) is 0 Å². The van der Waals surface area contributed by atoms with E-state index in [4.69, 9.17) is 7.85 Å². The summed E-state index contributed by atoms with van der Waals surface area (Å²) in [7, 11) is 6.28. The van der Waals surface area contributed by atoms with Crippen LogP contribution in [0.3, 0.4) is 0 Å². The van der Waals surface area contributed by atoms with E-state index in [1.807, 2.05) is 0 Å². The maximum Gasteiger partial charge on any atom is 0.0692 e. The second kappa shape index (κ2) is 6.24. The van der Waals surface area contributed by atoms with Crippen molar-refractivity contribution in [1.29, 1.82) is 0 Å².